The number of fused-ring (bicyclic) bond motifs is 4. The Bertz CT molecular complexity index is 392. The molecule has 0 radical (unpaired) electrons. The molecule has 0 saturated carbocycles. The number of nitrogens with zero attached hydrogens (tertiary/aromatic N) is 1. The van der Waals surface area contributed by atoms with Crippen LogP contribution in [-0.4, -0.2) is 11.0 Å². The first kappa shape index (κ1) is 8.29. The number of hydrogen-bond acceptors (Lipinski definition) is 2. The summed E-state index contributed by atoms with van der Waals surface area (Å²) in [5.74, 6) is -1.72. The smallest absolute Gasteiger partial charge is 0.249 e. The van der Waals surface area contributed by atoms with E-state index in [1.165, 1.54) is 6.20 Å². The van der Waals surface area contributed by atoms with Crippen molar-refractivity contribution in [2.75, 3.05) is 0 Å². The van der Waals surface area contributed by atoms with Gasteiger partial charge in [0, 0.05) is 23.8 Å². The van der Waals surface area contributed by atoms with Crippen LogP contribution in [0, 0.1) is 11.8 Å². The van der Waals surface area contributed by atoms with Crippen molar-refractivity contribution in [3.63, 3.8) is 0 Å². The first-order chi connectivity index (χ1) is 6.75. The predicted molar refractivity (Wildman–Crippen MR) is 46.8 cm³/mol. The molecule has 0 aromatic carbocycles. The molecule has 4 heteroatoms. The van der Waals surface area contributed by atoms with Crippen LogP contribution in [0.1, 0.15) is 30.0 Å². The van der Waals surface area contributed by atoms with Gasteiger partial charge in [-0.2, -0.15) is 4.39 Å². The Morgan fingerprint density at radius 1 is 1.36 bits per heavy atom. The Kier molecular flexibility index (Phi) is 1.62. The summed E-state index contributed by atoms with van der Waals surface area (Å²) in [6.45, 7) is 0. The van der Waals surface area contributed by atoms with Crippen molar-refractivity contribution in [1.29, 1.82) is 0 Å². The minimum Gasteiger partial charge on any atom is -0.307 e. The summed E-state index contributed by atoms with van der Waals surface area (Å²) in [7, 11) is 0. The molecule has 3 heterocycles. The fraction of sp³-hybridized carbons (Fsp3) is 0.500. The van der Waals surface area contributed by atoms with Crippen molar-refractivity contribution >= 4 is 0 Å². The van der Waals surface area contributed by atoms with Crippen molar-refractivity contribution in [1.82, 2.24) is 10.3 Å². The molecule has 0 spiro atoms. The Labute approximate surface area is 80.3 Å². The van der Waals surface area contributed by atoms with E-state index in [2.05, 4.69) is 10.3 Å². The molecule has 0 amide bonds. The van der Waals surface area contributed by atoms with E-state index >= 15 is 0 Å². The van der Waals surface area contributed by atoms with Crippen LogP contribution in [0.2, 0.25) is 0 Å². The van der Waals surface area contributed by atoms with Crippen LogP contribution in [0.4, 0.5) is 8.78 Å². The first-order valence-corrected chi connectivity index (χ1v) is 4.84. The standard InChI is InChI=1S/C10H10F2N2/c11-9-6-3-5-1-2-8(14-5)7(6)4-13-10(9)12/h4-5,8,14H,1-3H2. The maximum Gasteiger partial charge on any atom is 0.249 e. The lowest BCUT2D eigenvalue weighted by Gasteiger charge is -2.24. The van der Waals surface area contributed by atoms with Crippen molar-refractivity contribution in [2.24, 2.45) is 0 Å². The quantitative estimate of drug-likeness (QED) is 0.639. The number of nitrogens with one attached hydrogen (secondary N) is 1. The van der Waals surface area contributed by atoms with E-state index in [-0.39, 0.29) is 6.04 Å². The van der Waals surface area contributed by atoms with Gasteiger partial charge in [-0.1, -0.05) is 0 Å². The van der Waals surface area contributed by atoms with Gasteiger partial charge >= 0.3 is 0 Å². The van der Waals surface area contributed by atoms with Gasteiger partial charge in [-0.15, -0.1) is 0 Å². The van der Waals surface area contributed by atoms with Gasteiger partial charge in [-0.25, -0.2) is 9.37 Å². The molecule has 1 N–H and O–H groups in total. The molecular weight excluding hydrogens is 186 g/mol. The van der Waals surface area contributed by atoms with E-state index < -0.39 is 11.8 Å². The summed E-state index contributed by atoms with van der Waals surface area (Å²) in [4.78, 5) is 3.43. The van der Waals surface area contributed by atoms with E-state index in [9.17, 15) is 8.78 Å². The molecule has 74 valence electrons. The molecule has 2 bridgehead atoms. The Balaban J connectivity index is 2.18. The molecule has 1 aromatic heterocycles. The highest BCUT2D eigenvalue weighted by atomic mass is 19.2. The van der Waals surface area contributed by atoms with Gasteiger partial charge in [0.25, 0.3) is 0 Å². The number of rotatable bonds is 0. The summed E-state index contributed by atoms with van der Waals surface area (Å²) in [5.41, 5.74) is 1.38. The topological polar surface area (TPSA) is 24.9 Å². The van der Waals surface area contributed by atoms with Gasteiger partial charge < -0.3 is 5.32 Å². The summed E-state index contributed by atoms with van der Waals surface area (Å²) >= 11 is 0. The molecule has 14 heavy (non-hydrogen) atoms. The zero-order valence-electron chi connectivity index (χ0n) is 7.56. The van der Waals surface area contributed by atoms with Crippen LogP contribution < -0.4 is 5.32 Å². The molecule has 2 aliphatic heterocycles. The lowest BCUT2D eigenvalue weighted by atomic mass is 9.97. The predicted octanol–water partition coefficient (Wildman–Crippen LogP) is 1.71. The van der Waals surface area contributed by atoms with E-state index in [1.807, 2.05) is 0 Å². The van der Waals surface area contributed by atoms with Crippen molar-refractivity contribution in [3.8, 4) is 0 Å². The molecule has 1 fully saturated rings. The van der Waals surface area contributed by atoms with Crippen LogP contribution in [0.5, 0.6) is 0 Å². The summed E-state index contributed by atoms with van der Waals surface area (Å²) in [5, 5.41) is 3.36. The summed E-state index contributed by atoms with van der Waals surface area (Å²) in [6.07, 6.45) is 4.11. The molecule has 3 rings (SSSR count). The fourth-order valence-electron chi connectivity index (χ4n) is 2.49. The van der Waals surface area contributed by atoms with E-state index in [1.54, 1.807) is 0 Å². The van der Waals surface area contributed by atoms with Gasteiger partial charge in [0.15, 0.2) is 5.82 Å². The fourth-order valence-corrected chi connectivity index (χ4v) is 2.49. The summed E-state index contributed by atoms with van der Waals surface area (Å²) < 4.78 is 26.3. The molecule has 2 aliphatic rings. The van der Waals surface area contributed by atoms with Gasteiger partial charge in [-0.3, -0.25) is 0 Å². The minimum absolute atomic E-state index is 0.186. The molecule has 2 unspecified atom stereocenters. The van der Waals surface area contributed by atoms with Crippen molar-refractivity contribution in [2.45, 2.75) is 31.3 Å². The Hall–Kier alpha value is -1.03. The first-order valence-electron chi connectivity index (χ1n) is 4.84. The third kappa shape index (κ3) is 1.00. The van der Waals surface area contributed by atoms with Crippen LogP contribution in [-0.2, 0) is 6.42 Å². The minimum atomic E-state index is -0.968. The Morgan fingerprint density at radius 3 is 3.07 bits per heavy atom. The highest BCUT2D eigenvalue weighted by Crippen LogP contribution is 2.36. The normalized spacial score (nSPS) is 29.0. The van der Waals surface area contributed by atoms with Crippen LogP contribution in [0.15, 0.2) is 6.20 Å². The van der Waals surface area contributed by atoms with E-state index in [0.717, 1.165) is 18.4 Å². The second-order valence-electron chi connectivity index (χ2n) is 3.99. The van der Waals surface area contributed by atoms with Crippen molar-refractivity contribution < 1.29 is 8.78 Å². The van der Waals surface area contributed by atoms with Gasteiger partial charge in [0.1, 0.15) is 0 Å². The highest BCUT2D eigenvalue weighted by molar-refractivity contribution is 5.33. The van der Waals surface area contributed by atoms with E-state index in [4.69, 9.17) is 0 Å². The average molecular weight is 196 g/mol. The molecule has 1 saturated heterocycles. The third-order valence-corrected chi connectivity index (χ3v) is 3.18. The number of aromatic nitrogens is 1. The largest absolute Gasteiger partial charge is 0.307 e. The molecular formula is C10H10F2N2. The summed E-state index contributed by atoms with van der Waals surface area (Å²) in [6, 6.07) is 0.509. The average Bonchev–Trinajstić information content (AvgIpc) is 2.56. The van der Waals surface area contributed by atoms with E-state index in [0.29, 0.717) is 18.0 Å². The van der Waals surface area contributed by atoms with Crippen LogP contribution >= 0.6 is 0 Å². The lowest BCUT2D eigenvalue weighted by molar-refractivity contribution is 0.437. The zero-order valence-corrected chi connectivity index (χ0v) is 7.56. The SMILES string of the molecule is Fc1ncc2c(c1F)CC1CCC2N1. The Morgan fingerprint density at radius 2 is 2.21 bits per heavy atom. The highest BCUT2D eigenvalue weighted by Gasteiger charge is 2.34. The van der Waals surface area contributed by atoms with Gasteiger partial charge in [-0.05, 0) is 24.8 Å². The maximum atomic E-state index is 13.4. The van der Waals surface area contributed by atoms with Gasteiger partial charge in [0.05, 0.1) is 0 Å². The molecule has 2 atom stereocenters. The number of hydrogen-bond donors (Lipinski definition) is 1. The van der Waals surface area contributed by atoms with Gasteiger partial charge in [0.2, 0.25) is 5.95 Å². The lowest BCUT2D eigenvalue weighted by Crippen LogP contribution is -2.32. The van der Waals surface area contributed by atoms with Crippen LogP contribution in [0.25, 0.3) is 0 Å². The zero-order chi connectivity index (χ0) is 9.71. The van der Waals surface area contributed by atoms with Crippen LogP contribution in [0.3, 0.4) is 0 Å². The maximum absolute atomic E-state index is 13.4. The third-order valence-electron chi connectivity index (χ3n) is 3.18. The second-order valence-corrected chi connectivity index (χ2v) is 3.99. The van der Waals surface area contributed by atoms with Crippen molar-refractivity contribution in [3.05, 3.63) is 29.1 Å². The molecule has 1 aromatic rings. The monoisotopic (exact) mass is 196 g/mol. The second kappa shape index (κ2) is 2.73. The molecule has 0 aliphatic carbocycles. The number of halogens is 2. The molecule has 2 nitrogen and oxygen atoms in total. The number of pyridine rings is 1.